The Kier molecular flexibility index (Phi) is 2.56. The lowest BCUT2D eigenvalue weighted by atomic mass is 10.3. The molecule has 2 aromatic rings. The van der Waals surface area contributed by atoms with Gasteiger partial charge >= 0.3 is 19.7 Å². The van der Waals surface area contributed by atoms with E-state index in [1.807, 2.05) is 0 Å². The summed E-state index contributed by atoms with van der Waals surface area (Å²) >= 11 is 0. The first-order chi connectivity index (χ1) is 7.50. The Balaban J connectivity index is 2.74. The molecule has 84 valence electrons. The average molecular weight is 262 g/mol. The maximum Gasteiger partial charge on any atom is 0.448 e. The van der Waals surface area contributed by atoms with Crippen molar-refractivity contribution in [3.05, 3.63) is 40.8 Å². The Hall–Kier alpha value is -1.60. The van der Waals surface area contributed by atoms with Gasteiger partial charge in [0.25, 0.3) is 0 Å². The van der Waals surface area contributed by atoms with E-state index in [4.69, 9.17) is 10.7 Å². The second kappa shape index (κ2) is 3.76. The van der Waals surface area contributed by atoms with Crippen molar-refractivity contribution in [3.63, 3.8) is 0 Å². The van der Waals surface area contributed by atoms with Crippen molar-refractivity contribution in [2.24, 2.45) is 0 Å². The highest BCUT2D eigenvalue weighted by atomic mass is 35.7. The molecule has 2 rings (SSSR count). The summed E-state index contributed by atoms with van der Waals surface area (Å²) in [5.41, 5.74) is -0.619. The van der Waals surface area contributed by atoms with Gasteiger partial charge in [-0.05, 0) is 9.95 Å². The lowest BCUT2D eigenvalue weighted by molar-refractivity contribution is -0.705. The van der Waals surface area contributed by atoms with Gasteiger partial charge in [-0.2, -0.15) is 0 Å². The molecule has 0 amide bonds. The van der Waals surface area contributed by atoms with E-state index in [9.17, 15) is 13.2 Å². The van der Waals surface area contributed by atoms with Gasteiger partial charge in [0, 0.05) is 22.8 Å². The molecule has 16 heavy (non-hydrogen) atoms. The van der Waals surface area contributed by atoms with Gasteiger partial charge in [-0.25, -0.2) is 13.2 Å². The Morgan fingerprint density at radius 1 is 1.25 bits per heavy atom. The van der Waals surface area contributed by atoms with Crippen LogP contribution in [-0.2, 0) is 9.05 Å². The first kappa shape index (κ1) is 10.9. The summed E-state index contributed by atoms with van der Waals surface area (Å²) in [6.07, 6.45) is 0. The average Bonchev–Trinajstić information content (AvgIpc) is 2.61. The van der Waals surface area contributed by atoms with Crippen LogP contribution in [0.3, 0.4) is 0 Å². The fraction of sp³-hybridized carbons (Fsp3) is 0. The van der Waals surface area contributed by atoms with Crippen LogP contribution in [0.15, 0.2) is 44.7 Å². The van der Waals surface area contributed by atoms with Crippen LogP contribution < -0.4 is 10.3 Å². The van der Waals surface area contributed by atoms with Gasteiger partial charge in [-0.15, -0.1) is 0 Å². The van der Waals surface area contributed by atoms with E-state index < -0.39 is 19.7 Å². The number of aromatic nitrogens is 2. The fourth-order valence-electron chi connectivity index (χ4n) is 1.22. The molecule has 1 aromatic heterocycles. The van der Waals surface area contributed by atoms with Crippen molar-refractivity contribution >= 4 is 19.7 Å². The molecule has 1 N–H and O–H groups in total. The second-order valence-electron chi connectivity index (χ2n) is 2.89. The summed E-state index contributed by atoms with van der Waals surface area (Å²) in [6, 6.07) is 8.29. The number of aromatic amines is 1. The zero-order valence-electron chi connectivity index (χ0n) is 7.75. The summed E-state index contributed by atoms with van der Waals surface area (Å²) < 4.78 is 27.7. The van der Waals surface area contributed by atoms with Crippen LogP contribution in [0.4, 0.5) is 0 Å². The van der Waals surface area contributed by atoms with Crippen LogP contribution in [-0.4, -0.2) is 13.7 Å². The largest absolute Gasteiger partial charge is 0.448 e. The molecule has 0 atom stereocenters. The number of para-hydroxylation sites is 1. The fourth-order valence-corrected chi connectivity index (χ4v) is 2.22. The SMILES string of the molecule is O=c1o[nH][n+](-c2ccccc2)c1S(=O)(=O)Cl. The molecule has 0 saturated heterocycles. The second-order valence-corrected chi connectivity index (χ2v) is 5.38. The van der Waals surface area contributed by atoms with E-state index in [1.165, 1.54) is 0 Å². The molecule has 1 aromatic carbocycles. The number of hydrogen-bond donors (Lipinski definition) is 1. The van der Waals surface area contributed by atoms with E-state index >= 15 is 0 Å². The number of nitrogens with one attached hydrogen (secondary N) is 1. The minimum atomic E-state index is -4.17. The molecule has 0 aliphatic rings. The van der Waals surface area contributed by atoms with E-state index in [0.29, 0.717) is 5.69 Å². The summed E-state index contributed by atoms with van der Waals surface area (Å²) in [5, 5.41) is 1.51. The van der Waals surface area contributed by atoms with E-state index in [2.05, 4.69) is 9.79 Å². The molecule has 0 spiro atoms. The van der Waals surface area contributed by atoms with Gasteiger partial charge < -0.3 is 0 Å². The Labute approximate surface area is 94.4 Å². The quantitative estimate of drug-likeness (QED) is 0.617. The monoisotopic (exact) mass is 261 g/mol. The molecule has 0 aliphatic heterocycles. The third-order valence-electron chi connectivity index (χ3n) is 1.85. The molecule has 6 nitrogen and oxygen atoms in total. The molecular formula is C8H6ClN2O4S+. The highest BCUT2D eigenvalue weighted by Gasteiger charge is 2.34. The minimum absolute atomic E-state index is 0.424. The number of benzene rings is 1. The van der Waals surface area contributed by atoms with Gasteiger partial charge in [0.1, 0.15) is 0 Å². The lowest BCUT2D eigenvalue weighted by Crippen LogP contribution is -2.39. The van der Waals surface area contributed by atoms with Crippen molar-refractivity contribution < 1.29 is 17.6 Å². The molecule has 0 radical (unpaired) electrons. The zero-order chi connectivity index (χ0) is 11.8. The molecule has 0 unspecified atom stereocenters. The van der Waals surface area contributed by atoms with Crippen LogP contribution in [0.2, 0.25) is 0 Å². The normalized spacial score (nSPS) is 11.6. The third-order valence-corrected chi connectivity index (χ3v) is 3.10. The molecule has 0 bridgehead atoms. The zero-order valence-corrected chi connectivity index (χ0v) is 9.33. The topological polar surface area (TPSA) is 84.0 Å². The highest BCUT2D eigenvalue weighted by molar-refractivity contribution is 8.13. The van der Waals surface area contributed by atoms with Crippen molar-refractivity contribution in [3.8, 4) is 5.69 Å². The van der Waals surface area contributed by atoms with Gasteiger partial charge in [-0.3, -0.25) is 4.52 Å². The third kappa shape index (κ3) is 1.86. The van der Waals surface area contributed by atoms with Crippen LogP contribution in [0, 0.1) is 0 Å². The molecular weight excluding hydrogens is 256 g/mol. The van der Waals surface area contributed by atoms with E-state index in [1.54, 1.807) is 30.3 Å². The Bertz CT molecular complexity index is 659. The van der Waals surface area contributed by atoms with Crippen molar-refractivity contribution in [2.45, 2.75) is 5.03 Å². The van der Waals surface area contributed by atoms with Crippen molar-refractivity contribution in [1.29, 1.82) is 0 Å². The maximum absolute atomic E-state index is 11.2. The number of nitrogens with zero attached hydrogens (tertiary/aromatic N) is 1. The summed E-state index contributed by atoms with van der Waals surface area (Å²) in [7, 11) is 0.960. The number of halogens is 1. The van der Waals surface area contributed by atoms with Crippen molar-refractivity contribution in [1.82, 2.24) is 5.27 Å². The maximum atomic E-state index is 11.2. The van der Waals surface area contributed by atoms with Crippen LogP contribution >= 0.6 is 10.7 Å². The van der Waals surface area contributed by atoms with Gasteiger partial charge in [0.05, 0.1) is 0 Å². The number of H-pyrrole nitrogens is 1. The van der Waals surface area contributed by atoms with Gasteiger partial charge in [-0.1, -0.05) is 18.2 Å². The van der Waals surface area contributed by atoms with Crippen LogP contribution in [0.1, 0.15) is 0 Å². The predicted molar refractivity (Wildman–Crippen MR) is 53.9 cm³/mol. The number of rotatable bonds is 2. The van der Waals surface area contributed by atoms with Crippen molar-refractivity contribution in [2.75, 3.05) is 0 Å². The predicted octanol–water partition coefficient (Wildman–Crippen LogP) is 0.172. The van der Waals surface area contributed by atoms with E-state index in [0.717, 1.165) is 4.68 Å². The lowest BCUT2D eigenvalue weighted by Gasteiger charge is -1.89. The van der Waals surface area contributed by atoms with E-state index in [-0.39, 0.29) is 0 Å². The molecule has 8 heteroatoms. The molecule has 0 saturated carbocycles. The summed E-state index contributed by atoms with van der Waals surface area (Å²) in [6.45, 7) is 0. The van der Waals surface area contributed by atoms with Crippen LogP contribution in [0.25, 0.3) is 5.69 Å². The Morgan fingerprint density at radius 2 is 1.88 bits per heavy atom. The highest BCUT2D eigenvalue weighted by Crippen LogP contribution is 2.07. The summed E-state index contributed by atoms with van der Waals surface area (Å²) in [4.78, 5) is 11.2. The van der Waals surface area contributed by atoms with Gasteiger partial charge in [0.15, 0.2) is 0 Å². The first-order valence-electron chi connectivity index (χ1n) is 4.14. The molecule has 0 aliphatic carbocycles. The standard InChI is InChI=1S/C8H5ClN2O4S/c9-16(13,14)7-8(12)15-10-11(7)6-4-2-1-3-5-6/h1-5H/p+1. The smallest absolute Gasteiger partial charge is 0.281 e. The summed E-state index contributed by atoms with van der Waals surface area (Å²) in [5.74, 6) is 0. The first-order valence-corrected chi connectivity index (χ1v) is 6.44. The molecule has 0 fully saturated rings. The van der Waals surface area contributed by atoms with Crippen LogP contribution in [0.5, 0.6) is 0 Å². The Morgan fingerprint density at radius 3 is 2.44 bits per heavy atom. The number of hydrogen-bond acceptors (Lipinski definition) is 4. The molecule has 1 heterocycles. The minimum Gasteiger partial charge on any atom is -0.281 e. The van der Waals surface area contributed by atoms with Gasteiger partial charge in [0.2, 0.25) is 5.69 Å².